The normalized spacial score (nSPS) is 29.7. The molecule has 0 spiro atoms. The highest BCUT2D eigenvalue weighted by atomic mass is 35.5. The summed E-state index contributed by atoms with van der Waals surface area (Å²) in [5, 5.41) is 3.54. The molecule has 4 rings (SSSR count). The Balaban J connectivity index is 1.61. The van der Waals surface area contributed by atoms with Crippen molar-refractivity contribution < 1.29 is 13.9 Å². The molecule has 0 aliphatic carbocycles. The molecule has 2 bridgehead atoms. The Morgan fingerprint density at radius 1 is 1.27 bits per heavy atom. The van der Waals surface area contributed by atoms with Crippen LogP contribution in [0, 0.1) is 5.92 Å². The molecule has 1 aromatic heterocycles. The van der Waals surface area contributed by atoms with Crippen LogP contribution in [0.2, 0.25) is 10.0 Å². The van der Waals surface area contributed by atoms with Gasteiger partial charge in [0, 0.05) is 30.4 Å². The van der Waals surface area contributed by atoms with E-state index in [0.717, 1.165) is 0 Å². The number of hydrogen-bond donors (Lipinski definition) is 2. The summed E-state index contributed by atoms with van der Waals surface area (Å²) in [6, 6.07) is 4.81. The van der Waals surface area contributed by atoms with Crippen LogP contribution in [0.4, 0.5) is 16.0 Å². The van der Waals surface area contributed by atoms with Crippen molar-refractivity contribution in [3.05, 3.63) is 46.2 Å². The zero-order valence-electron chi connectivity index (χ0n) is 13.4. The van der Waals surface area contributed by atoms with Crippen LogP contribution in [0.1, 0.15) is 17.9 Å². The summed E-state index contributed by atoms with van der Waals surface area (Å²) < 4.78 is 20.0. The Bertz CT molecular complexity index is 851. The van der Waals surface area contributed by atoms with Crippen molar-refractivity contribution in [2.24, 2.45) is 5.92 Å². The van der Waals surface area contributed by atoms with Crippen LogP contribution in [0.3, 0.4) is 0 Å². The Morgan fingerprint density at radius 2 is 2.00 bits per heavy atom. The summed E-state index contributed by atoms with van der Waals surface area (Å²) in [4.78, 5) is 20.8. The van der Waals surface area contributed by atoms with Gasteiger partial charge in [0.05, 0.1) is 28.2 Å². The highest BCUT2D eigenvalue weighted by molar-refractivity contribution is 6.42. The third-order valence-corrected chi connectivity index (χ3v) is 5.59. The van der Waals surface area contributed by atoms with Crippen molar-refractivity contribution in [3.63, 3.8) is 0 Å². The van der Waals surface area contributed by atoms with Crippen molar-refractivity contribution in [2.75, 3.05) is 11.1 Å². The zero-order valence-corrected chi connectivity index (χ0v) is 14.9. The fourth-order valence-corrected chi connectivity index (χ4v) is 4.02. The van der Waals surface area contributed by atoms with E-state index in [1.165, 1.54) is 12.4 Å². The maximum absolute atomic E-state index is 14.2. The second-order valence-electron chi connectivity index (χ2n) is 6.44. The van der Waals surface area contributed by atoms with E-state index in [2.05, 4.69) is 15.3 Å². The smallest absolute Gasteiger partial charge is 0.230 e. The number of anilines is 2. The Labute approximate surface area is 158 Å². The van der Waals surface area contributed by atoms with Gasteiger partial charge in [0.1, 0.15) is 6.17 Å². The minimum atomic E-state index is -1.13. The first-order valence-electron chi connectivity index (χ1n) is 8.07. The molecular formula is C17H15Cl2FN4O2. The molecule has 6 nitrogen and oxygen atoms in total. The fraction of sp³-hybridized carbons (Fsp3) is 0.353. The summed E-state index contributed by atoms with van der Waals surface area (Å²) in [7, 11) is 0. The van der Waals surface area contributed by atoms with Gasteiger partial charge in [-0.15, -0.1) is 0 Å². The molecule has 5 unspecified atom stereocenters. The van der Waals surface area contributed by atoms with E-state index in [4.69, 9.17) is 33.7 Å². The van der Waals surface area contributed by atoms with Gasteiger partial charge in [0.2, 0.25) is 11.9 Å². The van der Waals surface area contributed by atoms with Gasteiger partial charge < -0.3 is 15.8 Å². The van der Waals surface area contributed by atoms with E-state index >= 15 is 0 Å². The van der Waals surface area contributed by atoms with Gasteiger partial charge in [-0.1, -0.05) is 23.2 Å². The standard InChI is InChI=1S/C17H15Cl2FN4O2/c18-9-2-1-8(3-10(9)19)24-16(25)14-12-4-11(20)15(26-12)13(14)7-5-22-17(21)23-6-7/h1-3,5-6,11-15H,4H2,(H,24,25)(H2,21,22,23). The molecule has 2 aromatic rings. The number of halogens is 3. The molecule has 2 fully saturated rings. The first-order valence-corrected chi connectivity index (χ1v) is 8.82. The van der Waals surface area contributed by atoms with E-state index in [0.29, 0.717) is 21.3 Å². The van der Waals surface area contributed by atoms with Crippen LogP contribution in [0.5, 0.6) is 0 Å². The first-order chi connectivity index (χ1) is 12.4. The average Bonchev–Trinajstić information content (AvgIpc) is 3.16. The SMILES string of the molecule is Nc1ncc(C2C3OC(CC3F)C2C(=O)Nc2ccc(Cl)c(Cl)c2)cn1. The second-order valence-corrected chi connectivity index (χ2v) is 7.25. The number of carbonyl (C=O) groups excluding carboxylic acids is 1. The lowest BCUT2D eigenvalue weighted by Crippen LogP contribution is -2.39. The minimum Gasteiger partial charge on any atom is -0.370 e. The largest absolute Gasteiger partial charge is 0.370 e. The van der Waals surface area contributed by atoms with Gasteiger partial charge in [-0.25, -0.2) is 14.4 Å². The number of alkyl halides is 1. The van der Waals surface area contributed by atoms with Crippen molar-refractivity contribution in [3.8, 4) is 0 Å². The van der Waals surface area contributed by atoms with E-state index in [1.807, 2.05) is 0 Å². The van der Waals surface area contributed by atoms with Crippen LogP contribution in [0.15, 0.2) is 30.6 Å². The van der Waals surface area contributed by atoms with Gasteiger partial charge in [0.15, 0.2) is 0 Å². The summed E-state index contributed by atoms with van der Waals surface area (Å²) in [6.45, 7) is 0. The molecular weight excluding hydrogens is 382 g/mol. The Hall–Kier alpha value is -1.96. The lowest BCUT2D eigenvalue weighted by molar-refractivity contribution is -0.121. The van der Waals surface area contributed by atoms with Crippen LogP contribution >= 0.6 is 23.2 Å². The molecule has 2 aliphatic heterocycles. The van der Waals surface area contributed by atoms with Crippen LogP contribution in [-0.4, -0.2) is 34.3 Å². The number of benzene rings is 1. The highest BCUT2D eigenvalue weighted by Gasteiger charge is 2.57. The number of nitrogens with one attached hydrogen (secondary N) is 1. The van der Waals surface area contributed by atoms with Gasteiger partial charge >= 0.3 is 0 Å². The van der Waals surface area contributed by atoms with Crippen LogP contribution < -0.4 is 11.1 Å². The van der Waals surface area contributed by atoms with Gasteiger partial charge in [0.25, 0.3) is 0 Å². The Kier molecular flexibility index (Phi) is 4.46. The molecule has 2 saturated heterocycles. The third-order valence-electron chi connectivity index (χ3n) is 4.85. The molecule has 1 amide bonds. The summed E-state index contributed by atoms with van der Waals surface area (Å²) in [5.41, 5.74) is 6.66. The van der Waals surface area contributed by atoms with Crippen molar-refractivity contribution >= 4 is 40.7 Å². The number of nitrogen functional groups attached to an aromatic ring is 1. The maximum atomic E-state index is 14.2. The van der Waals surface area contributed by atoms with E-state index < -0.39 is 30.2 Å². The molecule has 1 aromatic carbocycles. The number of hydrogen-bond acceptors (Lipinski definition) is 5. The molecule has 5 atom stereocenters. The predicted molar refractivity (Wildman–Crippen MR) is 95.9 cm³/mol. The Morgan fingerprint density at radius 3 is 2.69 bits per heavy atom. The molecule has 2 aliphatic rings. The molecule has 3 heterocycles. The minimum absolute atomic E-state index is 0.117. The second kappa shape index (κ2) is 6.64. The third kappa shape index (κ3) is 3.00. The number of amides is 1. The topological polar surface area (TPSA) is 90.1 Å². The average molecular weight is 397 g/mol. The zero-order chi connectivity index (χ0) is 18.4. The first kappa shape index (κ1) is 17.5. The number of rotatable bonds is 3. The van der Waals surface area contributed by atoms with Crippen molar-refractivity contribution in [2.45, 2.75) is 30.7 Å². The van der Waals surface area contributed by atoms with E-state index in [9.17, 15) is 9.18 Å². The summed E-state index contributed by atoms with van der Waals surface area (Å²) >= 11 is 11.9. The number of aromatic nitrogens is 2. The monoisotopic (exact) mass is 396 g/mol. The lowest BCUT2D eigenvalue weighted by Gasteiger charge is -2.28. The summed E-state index contributed by atoms with van der Waals surface area (Å²) in [6.07, 6.45) is 0.900. The van der Waals surface area contributed by atoms with Crippen molar-refractivity contribution in [1.82, 2.24) is 9.97 Å². The van der Waals surface area contributed by atoms with E-state index in [1.54, 1.807) is 18.2 Å². The number of ether oxygens (including phenoxy) is 1. The molecule has 0 radical (unpaired) electrons. The molecule has 26 heavy (non-hydrogen) atoms. The van der Waals surface area contributed by atoms with Crippen LogP contribution in [0.25, 0.3) is 0 Å². The molecule has 3 N–H and O–H groups in total. The number of nitrogens with zero attached hydrogens (tertiary/aromatic N) is 2. The summed E-state index contributed by atoms with van der Waals surface area (Å²) in [5.74, 6) is -1.20. The fourth-order valence-electron chi connectivity index (χ4n) is 3.72. The number of fused-ring (bicyclic) bond motifs is 2. The van der Waals surface area contributed by atoms with Crippen molar-refractivity contribution in [1.29, 1.82) is 0 Å². The predicted octanol–water partition coefficient (Wildman–Crippen LogP) is 3.21. The van der Waals surface area contributed by atoms with Crippen LogP contribution in [-0.2, 0) is 9.53 Å². The molecule has 0 saturated carbocycles. The maximum Gasteiger partial charge on any atom is 0.230 e. The van der Waals surface area contributed by atoms with E-state index in [-0.39, 0.29) is 18.3 Å². The van der Waals surface area contributed by atoms with Gasteiger partial charge in [-0.3, -0.25) is 4.79 Å². The number of carbonyl (C=O) groups is 1. The lowest BCUT2D eigenvalue weighted by atomic mass is 9.75. The highest BCUT2D eigenvalue weighted by Crippen LogP contribution is 2.50. The quantitative estimate of drug-likeness (QED) is 0.830. The molecule has 9 heteroatoms. The number of nitrogens with two attached hydrogens (primary N) is 1. The van der Waals surface area contributed by atoms with Gasteiger partial charge in [-0.05, 0) is 23.8 Å². The van der Waals surface area contributed by atoms with Gasteiger partial charge in [-0.2, -0.15) is 0 Å². The molecule has 136 valence electrons.